The average Bonchev–Trinajstić information content (AvgIpc) is 2.54. The van der Waals surface area contributed by atoms with Crippen LogP contribution in [0.5, 0.6) is 0 Å². The van der Waals surface area contributed by atoms with Gasteiger partial charge in [-0.05, 0) is 52.4 Å². The summed E-state index contributed by atoms with van der Waals surface area (Å²) < 4.78 is 0. The van der Waals surface area contributed by atoms with Gasteiger partial charge < -0.3 is 0 Å². The first-order chi connectivity index (χ1) is 9.85. The molecule has 1 rings (SSSR count). The lowest BCUT2D eigenvalue weighted by molar-refractivity contribution is 0.278. The second-order valence-corrected chi connectivity index (χ2v) is 7.04. The van der Waals surface area contributed by atoms with Crippen molar-refractivity contribution in [2.24, 2.45) is 11.3 Å². The minimum absolute atomic E-state index is 0.367. The van der Waals surface area contributed by atoms with Crippen LogP contribution in [0.2, 0.25) is 0 Å². The zero-order chi connectivity index (χ0) is 15.9. The molecule has 0 nitrogen and oxygen atoms in total. The molecule has 0 heteroatoms. The van der Waals surface area contributed by atoms with Gasteiger partial charge in [0.2, 0.25) is 0 Å². The molecule has 0 heterocycles. The van der Waals surface area contributed by atoms with E-state index < -0.39 is 0 Å². The van der Waals surface area contributed by atoms with Crippen LogP contribution in [0.15, 0.2) is 59.3 Å². The van der Waals surface area contributed by atoms with Gasteiger partial charge in [0.15, 0.2) is 0 Å². The van der Waals surface area contributed by atoms with E-state index >= 15 is 0 Å². The van der Waals surface area contributed by atoms with Gasteiger partial charge in [0.05, 0.1) is 0 Å². The molecule has 0 saturated heterocycles. The summed E-state index contributed by atoms with van der Waals surface area (Å²) in [4.78, 5) is 0. The van der Waals surface area contributed by atoms with Gasteiger partial charge in [-0.15, -0.1) is 0 Å². The van der Waals surface area contributed by atoms with Crippen molar-refractivity contribution in [3.63, 3.8) is 0 Å². The predicted molar refractivity (Wildman–Crippen MR) is 96.3 cm³/mol. The maximum atomic E-state index is 2.47. The maximum Gasteiger partial charge on any atom is 0.000355 e. The van der Waals surface area contributed by atoms with Crippen molar-refractivity contribution >= 4 is 0 Å². The normalized spacial score (nSPS) is 24.5. The van der Waals surface area contributed by atoms with Gasteiger partial charge in [-0.3, -0.25) is 0 Å². The SMILES string of the molecule is C/C=C(C)/C=C/C=C(C)/C=C/C1C=C(C)CCCC1(C)C. The van der Waals surface area contributed by atoms with Gasteiger partial charge in [-0.1, -0.05) is 73.1 Å². The largest absolute Gasteiger partial charge is 0.0847 e. The van der Waals surface area contributed by atoms with Crippen LogP contribution in [-0.2, 0) is 0 Å². The van der Waals surface area contributed by atoms with E-state index in [1.54, 1.807) is 5.57 Å². The van der Waals surface area contributed by atoms with E-state index in [4.69, 9.17) is 0 Å². The molecule has 0 aromatic carbocycles. The van der Waals surface area contributed by atoms with Crippen LogP contribution in [0.1, 0.15) is 60.8 Å². The summed E-state index contributed by atoms with van der Waals surface area (Å²) in [5, 5.41) is 0. The predicted octanol–water partition coefficient (Wildman–Crippen LogP) is 6.78. The Kier molecular flexibility index (Phi) is 6.95. The average molecular weight is 284 g/mol. The van der Waals surface area contributed by atoms with Crippen molar-refractivity contribution in [2.75, 3.05) is 0 Å². The van der Waals surface area contributed by atoms with E-state index in [1.165, 1.54) is 30.4 Å². The second kappa shape index (κ2) is 8.22. The fraction of sp³-hybridized carbons (Fsp3) is 0.524. The molecule has 0 aliphatic heterocycles. The zero-order valence-electron chi connectivity index (χ0n) is 14.7. The van der Waals surface area contributed by atoms with Gasteiger partial charge in [0.1, 0.15) is 0 Å². The van der Waals surface area contributed by atoms with E-state index in [2.05, 4.69) is 84.1 Å². The highest BCUT2D eigenvalue weighted by Gasteiger charge is 2.27. The molecule has 0 N–H and O–H groups in total. The van der Waals surface area contributed by atoms with Gasteiger partial charge in [0.25, 0.3) is 0 Å². The van der Waals surface area contributed by atoms with Gasteiger partial charge in [-0.2, -0.15) is 0 Å². The van der Waals surface area contributed by atoms with Gasteiger partial charge in [-0.25, -0.2) is 0 Å². The van der Waals surface area contributed by atoms with Crippen molar-refractivity contribution < 1.29 is 0 Å². The summed E-state index contributed by atoms with van der Waals surface area (Å²) >= 11 is 0. The Morgan fingerprint density at radius 2 is 1.90 bits per heavy atom. The van der Waals surface area contributed by atoms with Crippen molar-refractivity contribution in [1.29, 1.82) is 0 Å². The zero-order valence-corrected chi connectivity index (χ0v) is 14.7. The van der Waals surface area contributed by atoms with Gasteiger partial charge >= 0.3 is 0 Å². The summed E-state index contributed by atoms with van der Waals surface area (Å²) in [6, 6.07) is 0. The van der Waals surface area contributed by atoms with Crippen molar-refractivity contribution in [3.05, 3.63) is 59.3 Å². The first-order valence-electron chi connectivity index (χ1n) is 8.18. The van der Waals surface area contributed by atoms with Crippen molar-refractivity contribution in [1.82, 2.24) is 0 Å². The molecular formula is C21H32. The van der Waals surface area contributed by atoms with Crippen LogP contribution in [0.4, 0.5) is 0 Å². The molecule has 0 spiro atoms. The highest BCUT2D eigenvalue weighted by Crippen LogP contribution is 2.38. The summed E-state index contributed by atoms with van der Waals surface area (Å²) in [6.07, 6.45) is 19.6. The van der Waals surface area contributed by atoms with Crippen LogP contribution in [0.3, 0.4) is 0 Å². The Morgan fingerprint density at radius 3 is 2.57 bits per heavy atom. The third kappa shape index (κ3) is 6.33. The quantitative estimate of drug-likeness (QED) is 0.394. The molecule has 0 bridgehead atoms. The number of allylic oxidation sites excluding steroid dienone is 10. The summed E-state index contributed by atoms with van der Waals surface area (Å²) in [5.41, 5.74) is 4.51. The third-order valence-corrected chi connectivity index (χ3v) is 4.50. The summed E-state index contributed by atoms with van der Waals surface area (Å²) in [7, 11) is 0. The number of rotatable bonds is 4. The standard InChI is InChI=1S/C21H32/c1-7-17(2)10-8-11-18(3)13-14-20-16-19(4)12-9-15-21(20,5)6/h7-8,10-11,13-14,16,20H,9,12,15H2,1-6H3/b10-8+,14-13+,17-7+,18-11+. The minimum Gasteiger partial charge on any atom is -0.0847 e. The number of hydrogen-bond acceptors (Lipinski definition) is 0. The van der Waals surface area contributed by atoms with E-state index in [0.29, 0.717) is 11.3 Å². The molecule has 21 heavy (non-hydrogen) atoms. The number of hydrogen-bond donors (Lipinski definition) is 0. The monoisotopic (exact) mass is 284 g/mol. The van der Waals surface area contributed by atoms with E-state index in [0.717, 1.165) is 0 Å². The van der Waals surface area contributed by atoms with E-state index in [1.807, 2.05) is 0 Å². The van der Waals surface area contributed by atoms with Crippen LogP contribution in [-0.4, -0.2) is 0 Å². The smallest absolute Gasteiger partial charge is 0.000355 e. The molecule has 0 radical (unpaired) electrons. The summed E-state index contributed by atoms with van der Waals surface area (Å²) in [5.74, 6) is 0.546. The van der Waals surface area contributed by atoms with E-state index in [9.17, 15) is 0 Å². The molecule has 1 atom stereocenters. The molecule has 0 aromatic heterocycles. The summed E-state index contributed by atoms with van der Waals surface area (Å²) in [6.45, 7) is 13.4. The first kappa shape index (κ1) is 17.8. The molecule has 0 fully saturated rings. The first-order valence-corrected chi connectivity index (χ1v) is 8.18. The van der Waals surface area contributed by atoms with Gasteiger partial charge in [0, 0.05) is 5.92 Å². The Bertz CT molecular complexity index is 478. The molecular weight excluding hydrogens is 252 g/mol. The van der Waals surface area contributed by atoms with Crippen LogP contribution in [0.25, 0.3) is 0 Å². The Balaban J connectivity index is 2.79. The Hall–Kier alpha value is -1.30. The molecule has 0 amide bonds. The van der Waals surface area contributed by atoms with Crippen LogP contribution in [0, 0.1) is 11.3 Å². The molecule has 1 aliphatic rings. The highest BCUT2D eigenvalue weighted by molar-refractivity contribution is 5.27. The lowest BCUT2D eigenvalue weighted by Gasteiger charge is -2.29. The van der Waals surface area contributed by atoms with Crippen molar-refractivity contribution in [3.8, 4) is 0 Å². The Morgan fingerprint density at radius 1 is 1.19 bits per heavy atom. The van der Waals surface area contributed by atoms with Crippen LogP contribution >= 0.6 is 0 Å². The lowest BCUT2D eigenvalue weighted by atomic mass is 9.76. The maximum absolute atomic E-state index is 2.47. The topological polar surface area (TPSA) is 0 Å². The molecule has 1 aliphatic carbocycles. The molecule has 0 saturated carbocycles. The molecule has 0 aromatic rings. The minimum atomic E-state index is 0.367. The third-order valence-electron chi connectivity index (χ3n) is 4.50. The fourth-order valence-corrected chi connectivity index (χ4v) is 2.68. The molecule has 116 valence electrons. The lowest BCUT2D eigenvalue weighted by Crippen LogP contribution is -2.19. The van der Waals surface area contributed by atoms with Crippen LogP contribution < -0.4 is 0 Å². The van der Waals surface area contributed by atoms with Crippen molar-refractivity contribution in [2.45, 2.75) is 60.8 Å². The van der Waals surface area contributed by atoms with E-state index in [-0.39, 0.29) is 0 Å². The fourth-order valence-electron chi connectivity index (χ4n) is 2.68. The second-order valence-electron chi connectivity index (χ2n) is 7.04. The molecule has 1 unspecified atom stereocenters. The Labute approximate surface area is 132 Å². The highest BCUT2D eigenvalue weighted by atomic mass is 14.3.